The largest absolute Gasteiger partial charge is 0.362 e. The Labute approximate surface area is 116 Å². The van der Waals surface area contributed by atoms with Crippen LogP contribution < -0.4 is 10.7 Å². The highest BCUT2D eigenvalue weighted by molar-refractivity contribution is 6.18. The Morgan fingerprint density at radius 2 is 2.20 bits per heavy atom. The van der Waals surface area contributed by atoms with Gasteiger partial charge in [0, 0.05) is 17.4 Å². The van der Waals surface area contributed by atoms with Gasteiger partial charge in [0.05, 0.1) is 11.8 Å². The van der Waals surface area contributed by atoms with Crippen molar-refractivity contribution < 1.29 is 9.59 Å². The molecular formula is C13H17N5O2. The maximum absolute atomic E-state index is 12.0. The fourth-order valence-corrected chi connectivity index (χ4v) is 1.59. The molecule has 1 aliphatic rings. The average Bonchev–Trinajstić information content (AvgIpc) is 2.92. The van der Waals surface area contributed by atoms with Gasteiger partial charge in [-0.25, -0.2) is 10.2 Å². The summed E-state index contributed by atoms with van der Waals surface area (Å²) in [4.78, 5) is 26.6. The molecule has 1 aromatic rings. The summed E-state index contributed by atoms with van der Waals surface area (Å²) in [5, 5.41) is 7.45. The van der Waals surface area contributed by atoms with Gasteiger partial charge in [-0.05, 0) is 39.0 Å². The summed E-state index contributed by atoms with van der Waals surface area (Å²) in [7, 11) is 0. The molecule has 2 rings (SSSR count). The molecule has 0 unspecified atom stereocenters. The Kier molecular flexibility index (Phi) is 3.60. The topological polar surface area (TPSA) is 89.6 Å². The number of hydrogen-bond acceptors (Lipinski definition) is 3. The lowest BCUT2D eigenvalue weighted by atomic mass is 10.1. The lowest BCUT2D eigenvalue weighted by Crippen LogP contribution is -2.51. The van der Waals surface area contributed by atoms with Crippen LogP contribution >= 0.6 is 0 Å². The van der Waals surface area contributed by atoms with E-state index >= 15 is 0 Å². The summed E-state index contributed by atoms with van der Waals surface area (Å²) in [6.45, 7) is 5.54. The molecule has 1 aliphatic heterocycles. The van der Waals surface area contributed by atoms with Crippen molar-refractivity contribution in [1.82, 2.24) is 20.8 Å². The van der Waals surface area contributed by atoms with E-state index in [9.17, 15) is 9.59 Å². The second kappa shape index (κ2) is 5.20. The molecule has 0 fully saturated rings. The summed E-state index contributed by atoms with van der Waals surface area (Å²) in [5.41, 5.74) is 3.17. The van der Waals surface area contributed by atoms with E-state index in [4.69, 9.17) is 0 Å². The van der Waals surface area contributed by atoms with Gasteiger partial charge in [0.1, 0.15) is 0 Å². The van der Waals surface area contributed by atoms with Crippen molar-refractivity contribution in [2.24, 2.45) is 5.10 Å². The normalized spacial score (nSPS) is 16.9. The van der Waals surface area contributed by atoms with Crippen LogP contribution in [0.3, 0.4) is 0 Å². The predicted molar refractivity (Wildman–Crippen MR) is 75.5 cm³/mol. The molecule has 0 saturated heterocycles. The number of urea groups is 1. The van der Waals surface area contributed by atoms with Gasteiger partial charge in [0.25, 0.3) is 5.91 Å². The zero-order chi connectivity index (χ0) is 14.8. The van der Waals surface area contributed by atoms with Crippen LogP contribution in [-0.4, -0.2) is 33.8 Å². The number of H-pyrrole nitrogens is 1. The second-order valence-corrected chi connectivity index (χ2v) is 5.40. The lowest BCUT2D eigenvalue weighted by Gasteiger charge is -2.22. The molecule has 0 bridgehead atoms. The Bertz CT molecular complexity index is 566. The first-order valence-corrected chi connectivity index (χ1v) is 6.17. The maximum atomic E-state index is 12.0. The number of aromatic nitrogens is 1. The molecule has 0 spiro atoms. The monoisotopic (exact) mass is 275 g/mol. The molecule has 0 atom stereocenters. The first-order valence-electron chi connectivity index (χ1n) is 6.17. The van der Waals surface area contributed by atoms with Crippen LogP contribution in [0.2, 0.25) is 0 Å². The third-order valence-corrected chi connectivity index (χ3v) is 2.38. The summed E-state index contributed by atoms with van der Waals surface area (Å²) >= 11 is 0. The molecule has 0 aliphatic carbocycles. The standard InChI is InChI=1S/C13H17N5O2/c1-13(2,3)16-12(20)17-18-11(19)9(8-15-18)7-10-5-4-6-14-10/h4-8,14H,1-3H3,(H2,16,17,20). The van der Waals surface area contributed by atoms with Gasteiger partial charge in [-0.3, -0.25) is 4.79 Å². The highest BCUT2D eigenvalue weighted by Crippen LogP contribution is 2.11. The van der Waals surface area contributed by atoms with E-state index < -0.39 is 6.03 Å². The van der Waals surface area contributed by atoms with E-state index in [-0.39, 0.29) is 11.4 Å². The van der Waals surface area contributed by atoms with E-state index in [1.54, 1.807) is 12.3 Å². The predicted octanol–water partition coefficient (Wildman–Crippen LogP) is 1.24. The van der Waals surface area contributed by atoms with Crippen molar-refractivity contribution in [1.29, 1.82) is 0 Å². The summed E-state index contributed by atoms with van der Waals surface area (Å²) < 4.78 is 0. The van der Waals surface area contributed by atoms with Crippen molar-refractivity contribution in [3.05, 3.63) is 29.6 Å². The van der Waals surface area contributed by atoms with Crippen LogP contribution in [0, 0.1) is 0 Å². The van der Waals surface area contributed by atoms with E-state index in [0.717, 1.165) is 10.8 Å². The Balaban J connectivity index is 1.99. The van der Waals surface area contributed by atoms with Crippen molar-refractivity contribution in [3.63, 3.8) is 0 Å². The van der Waals surface area contributed by atoms with Crippen LogP contribution in [0.4, 0.5) is 4.79 Å². The Morgan fingerprint density at radius 1 is 1.45 bits per heavy atom. The molecule has 3 amide bonds. The molecule has 20 heavy (non-hydrogen) atoms. The third kappa shape index (κ3) is 3.47. The maximum Gasteiger partial charge on any atom is 0.335 e. The van der Waals surface area contributed by atoms with Crippen LogP contribution in [0.15, 0.2) is 29.0 Å². The van der Waals surface area contributed by atoms with Gasteiger partial charge in [-0.15, -0.1) is 5.12 Å². The van der Waals surface area contributed by atoms with Crippen LogP contribution in [0.5, 0.6) is 0 Å². The van der Waals surface area contributed by atoms with Crippen molar-refractivity contribution in [3.8, 4) is 0 Å². The van der Waals surface area contributed by atoms with Gasteiger partial charge in [-0.1, -0.05) is 0 Å². The molecule has 7 nitrogen and oxygen atoms in total. The highest BCUT2D eigenvalue weighted by Gasteiger charge is 2.25. The smallest absolute Gasteiger partial charge is 0.335 e. The lowest BCUT2D eigenvalue weighted by molar-refractivity contribution is -0.127. The molecular weight excluding hydrogens is 258 g/mol. The SMILES string of the molecule is CC(C)(C)NC(=O)NN1N=CC(=Cc2ccc[nH]2)C1=O. The van der Waals surface area contributed by atoms with E-state index in [0.29, 0.717) is 5.57 Å². The van der Waals surface area contributed by atoms with Gasteiger partial charge >= 0.3 is 6.03 Å². The minimum atomic E-state index is -0.482. The van der Waals surface area contributed by atoms with Gasteiger partial charge in [-0.2, -0.15) is 5.10 Å². The van der Waals surface area contributed by atoms with E-state index in [2.05, 4.69) is 20.8 Å². The average molecular weight is 275 g/mol. The van der Waals surface area contributed by atoms with Gasteiger partial charge in [0.15, 0.2) is 0 Å². The minimum absolute atomic E-state index is 0.386. The molecule has 0 radical (unpaired) electrons. The zero-order valence-corrected chi connectivity index (χ0v) is 11.6. The fourth-order valence-electron chi connectivity index (χ4n) is 1.59. The molecule has 0 aromatic carbocycles. The number of carbonyl (C=O) groups is 2. The number of aromatic amines is 1. The van der Waals surface area contributed by atoms with Gasteiger partial charge in [0.2, 0.25) is 0 Å². The van der Waals surface area contributed by atoms with Crippen LogP contribution in [-0.2, 0) is 4.79 Å². The number of rotatable bonds is 2. The summed E-state index contributed by atoms with van der Waals surface area (Å²) in [6.07, 6.45) is 4.82. The minimum Gasteiger partial charge on any atom is -0.362 e. The van der Waals surface area contributed by atoms with Crippen molar-refractivity contribution in [2.75, 3.05) is 0 Å². The van der Waals surface area contributed by atoms with Gasteiger partial charge < -0.3 is 10.3 Å². The second-order valence-electron chi connectivity index (χ2n) is 5.40. The zero-order valence-electron chi connectivity index (χ0n) is 11.6. The molecule has 3 N–H and O–H groups in total. The summed E-state index contributed by atoms with van der Waals surface area (Å²) in [6, 6.07) is 3.18. The summed E-state index contributed by atoms with van der Waals surface area (Å²) in [5.74, 6) is -0.386. The third-order valence-electron chi connectivity index (χ3n) is 2.38. The fraction of sp³-hybridized carbons (Fsp3) is 0.308. The number of amides is 3. The Hall–Kier alpha value is -2.57. The molecule has 106 valence electrons. The van der Waals surface area contributed by atoms with Crippen molar-refractivity contribution in [2.45, 2.75) is 26.3 Å². The quantitative estimate of drug-likeness (QED) is 0.709. The Morgan fingerprint density at radius 3 is 2.80 bits per heavy atom. The number of nitrogens with zero attached hydrogens (tertiary/aromatic N) is 2. The number of nitrogens with one attached hydrogen (secondary N) is 3. The first kappa shape index (κ1) is 13.9. The van der Waals surface area contributed by atoms with E-state index in [1.165, 1.54) is 6.21 Å². The number of hydrazine groups is 1. The van der Waals surface area contributed by atoms with E-state index in [1.807, 2.05) is 32.9 Å². The van der Waals surface area contributed by atoms with Crippen LogP contribution in [0.25, 0.3) is 6.08 Å². The van der Waals surface area contributed by atoms with Crippen molar-refractivity contribution >= 4 is 24.2 Å². The molecule has 2 heterocycles. The van der Waals surface area contributed by atoms with Crippen LogP contribution in [0.1, 0.15) is 26.5 Å². The number of hydrogen-bond donors (Lipinski definition) is 3. The number of hydrazone groups is 1. The number of carbonyl (C=O) groups excluding carboxylic acids is 2. The highest BCUT2D eigenvalue weighted by atomic mass is 16.2. The molecule has 1 aromatic heterocycles. The molecule has 7 heteroatoms. The first-order chi connectivity index (χ1) is 9.35. The molecule has 0 saturated carbocycles.